The summed E-state index contributed by atoms with van der Waals surface area (Å²) in [5.74, 6) is 0. The molecule has 0 unspecified atom stereocenters. The molecule has 2 nitrogen and oxygen atoms in total. The number of nitrogens with zero attached hydrogens (tertiary/aromatic N) is 2. The molecule has 10 rings (SSSR count). The van der Waals surface area contributed by atoms with Gasteiger partial charge in [-0.25, -0.2) is 0 Å². The van der Waals surface area contributed by atoms with Crippen LogP contribution in [0, 0.1) is 0 Å². The number of para-hydroxylation sites is 4. The fourth-order valence-corrected chi connectivity index (χ4v) is 13.0. The van der Waals surface area contributed by atoms with Gasteiger partial charge in [-0.2, -0.15) is 0 Å². The van der Waals surface area contributed by atoms with Gasteiger partial charge >= 0.3 is 0 Å². The van der Waals surface area contributed by atoms with E-state index in [0.717, 1.165) is 38.1 Å². The molecule has 0 radical (unpaired) electrons. The zero-order chi connectivity index (χ0) is 37.1. The topological polar surface area (TPSA) is 8.17 Å². The predicted octanol–water partition coefficient (Wildman–Crippen LogP) is 11.8. The lowest BCUT2D eigenvalue weighted by Gasteiger charge is -2.42. The zero-order valence-corrected chi connectivity index (χ0v) is 32.6. The third-order valence-corrected chi connectivity index (χ3v) is 16.9. The number of benzene rings is 8. The standard InChI is InChI=1S/C51H39ClN2Si/c1-51(2)45-26-11-15-30-49(45)54(50-31-16-12-27-46(50)51)39-33-37(34-42(35-39)55(52,40-20-5-3-6-21-40)41-22-7-4-8-23-41)36-18-17-19-38(32-36)53-47-28-13-9-24-43(47)44-25-10-14-29-48(44)53/h3-35H,1-2H3. The van der Waals surface area contributed by atoms with Gasteiger partial charge in [0.2, 0.25) is 7.38 Å². The Balaban J connectivity index is 1.25. The highest BCUT2D eigenvalue weighted by Gasteiger charge is 2.40. The third-order valence-electron chi connectivity index (χ3n) is 11.6. The summed E-state index contributed by atoms with van der Waals surface area (Å²) < 4.78 is 2.40. The largest absolute Gasteiger partial charge is 0.310 e. The maximum Gasteiger partial charge on any atom is 0.248 e. The zero-order valence-electron chi connectivity index (χ0n) is 30.8. The van der Waals surface area contributed by atoms with Gasteiger partial charge in [0.15, 0.2) is 0 Å². The van der Waals surface area contributed by atoms with Gasteiger partial charge in [0, 0.05) is 27.6 Å². The first kappa shape index (κ1) is 33.4. The summed E-state index contributed by atoms with van der Waals surface area (Å²) in [6.07, 6.45) is 0. The van der Waals surface area contributed by atoms with E-state index in [0.29, 0.717) is 0 Å². The molecule has 9 aromatic rings. The Morgan fingerprint density at radius 3 is 1.49 bits per heavy atom. The summed E-state index contributed by atoms with van der Waals surface area (Å²) in [5, 5.41) is 5.96. The minimum atomic E-state index is -3.05. The Bertz CT molecular complexity index is 2730. The van der Waals surface area contributed by atoms with E-state index in [9.17, 15) is 0 Å². The van der Waals surface area contributed by atoms with E-state index in [-0.39, 0.29) is 5.41 Å². The molecular formula is C51H39ClN2Si. The molecule has 0 amide bonds. The van der Waals surface area contributed by atoms with Gasteiger partial charge in [0.25, 0.3) is 0 Å². The molecule has 0 N–H and O–H groups in total. The molecule has 264 valence electrons. The number of halogens is 1. The molecule has 0 saturated heterocycles. The Morgan fingerprint density at radius 2 is 0.909 bits per heavy atom. The van der Waals surface area contributed by atoms with E-state index >= 15 is 0 Å². The van der Waals surface area contributed by atoms with E-state index in [1.165, 1.54) is 44.3 Å². The summed E-state index contributed by atoms with van der Waals surface area (Å²) in [4.78, 5) is 2.46. The maximum atomic E-state index is 8.29. The number of anilines is 3. The summed E-state index contributed by atoms with van der Waals surface area (Å²) >= 11 is 8.29. The lowest BCUT2D eigenvalue weighted by Crippen LogP contribution is -2.62. The second-order valence-corrected chi connectivity index (χ2v) is 19.8. The molecule has 0 spiro atoms. The van der Waals surface area contributed by atoms with Gasteiger partial charge in [0.1, 0.15) is 0 Å². The van der Waals surface area contributed by atoms with Crippen LogP contribution in [-0.2, 0) is 5.41 Å². The average Bonchev–Trinajstić information content (AvgIpc) is 3.58. The number of rotatable bonds is 6. The first-order chi connectivity index (χ1) is 26.9. The molecule has 8 aromatic carbocycles. The highest BCUT2D eigenvalue weighted by molar-refractivity contribution is 7.40. The minimum absolute atomic E-state index is 0.167. The third kappa shape index (κ3) is 5.30. The highest BCUT2D eigenvalue weighted by atomic mass is 35.6. The fraction of sp³-hybridized carbons (Fsp3) is 0.0588. The number of hydrogen-bond donors (Lipinski definition) is 0. The Hall–Kier alpha value is -6.13. The smallest absolute Gasteiger partial charge is 0.248 e. The Morgan fingerprint density at radius 1 is 0.418 bits per heavy atom. The van der Waals surface area contributed by atoms with Gasteiger partial charge in [0.05, 0.1) is 22.4 Å². The van der Waals surface area contributed by atoms with E-state index in [2.05, 4.69) is 224 Å². The maximum absolute atomic E-state index is 8.29. The second-order valence-electron chi connectivity index (χ2n) is 15.1. The molecule has 0 bridgehead atoms. The Kier molecular flexibility index (Phi) is 7.91. The van der Waals surface area contributed by atoms with Crippen LogP contribution in [-0.4, -0.2) is 12.0 Å². The quantitative estimate of drug-likeness (QED) is 0.0935. The van der Waals surface area contributed by atoms with Gasteiger partial charge < -0.3 is 9.47 Å². The van der Waals surface area contributed by atoms with Crippen LogP contribution in [0.1, 0.15) is 25.0 Å². The molecule has 0 fully saturated rings. The lowest BCUT2D eigenvalue weighted by atomic mass is 9.73. The SMILES string of the molecule is CC1(C)c2ccccc2N(c2cc(-c3cccc(-n4c5ccccc5c5ccccc54)c3)cc([Si](Cl)(c3ccccc3)c3ccccc3)c2)c2ccccc21. The second kappa shape index (κ2) is 13.0. The summed E-state index contributed by atoms with van der Waals surface area (Å²) in [6, 6.07) is 72.6. The van der Waals surface area contributed by atoms with Gasteiger partial charge in [-0.15, -0.1) is 11.1 Å². The van der Waals surface area contributed by atoms with Crippen LogP contribution in [0.5, 0.6) is 0 Å². The summed E-state index contributed by atoms with van der Waals surface area (Å²) in [6.45, 7) is 4.68. The van der Waals surface area contributed by atoms with Gasteiger partial charge in [-0.1, -0.05) is 166 Å². The van der Waals surface area contributed by atoms with Crippen molar-refractivity contribution >= 4 is 72.9 Å². The van der Waals surface area contributed by atoms with Crippen LogP contribution in [0.15, 0.2) is 200 Å². The highest BCUT2D eigenvalue weighted by Crippen LogP contribution is 2.52. The van der Waals surface area contributed by atoms with Crippen LogP contribution in [0.25, 0.3) is 38.6 Å². The van der Waals surface area contributed by atoms with Crippen LogP contribution in [0.4, 0.5) is 17.1 Å². The van der Waals surface area contributed by atoms with Crippen molar-refractivity contribution in [3.63, 3.8) is 0 Å². The van der Waals surface area contributed by atoms with Crippen molar-refractivity contribution in [3.8, 4) is 16.8 Å². The number of aromatic nitrogens is 1. The molecule has 1 aromatic heterocycles. The van der Waals surface area contributed by atoms with Crippen molar-refractivity contribution in [3.05, 3.63) is 211 Å². The van der Waals surface area contributed by atoms with E-state index < -0.39 is 7.38 Å². The lowest BCUT2D eigenvalue weighted by molar-refractivity contribution is 0.632. The number of hydrogen-bond acceptors (Lipinski definition) is 1. The van der Waals surface area contributed by atoms with Crippen molar-refractivity contribution in [2.24, 2.45) is 0 Å². The van der Waals surface area contributed by atoms with Crippen LogP contribution < -0.4 is 20.5 Å². The molecular weight excluding hydrogens is 704 g/mol. The molecule has 1 aliphatic rings. The van der Waals surface area contributed by atoms with Crippen molar-refractivity contribution < 1.29 is 0 Å². The first-order valence-electron chi connectivity index (χ1n) is 19.0. The van der Waals surface area contributed by atoms with Gasteiger partial charge in [-0.3, -0.25) is 0 Å². The van der Waals surface area contributed by atoms with Crippen molar-refractivity contribution in [1.82, 2.24) is 4.57 Å². The first-order valence-corrected chi connectivity index (χ1v) is 22.0. The molecule has 4 heteroatoms. The predicted molar refractivity (Wildman–Crippen MR) is 236 cm³/mol. The average molecular weight is 743 g/mol. The van der Waals surface area contributed by atoms with E-state index in [1.807, 2.05) is 0 Å². The van der Waals surface area contributed by atoms with Gasteiger partial charge in [-0.05, 0) is 86.3 Å². The summed E-state index contributed by atoms with van der Waals surface area (Å²) in [7, 11) is -3.05. The van der Waals surface area contributed by atoms with Crippen LogP contribution in [0.3, 0.4) is 0 Å². The number of fused-ring (bicyclic) bond motifs is 5. The molecule has 0 atom stereocenters. The van der Waals surface area contributed by atoms with Crippen molar-refractivity contribution in [2.75, 3.05) is 4.90 Å². The Labute approximate surface area is 328 Å². The monoisotopic (exact) mass is 742 g/mol. The molecule has 0 aliphatic carbocycles. The fourth-order valence-electron chi connectivity index (χ4n) is 8.91. The summed E-state index contributed by atoms with van der Waals surface area (Å²) in [5.41, 5.74) is 11.7. The minimum Gasteiger partial charge on any atom is -0.310 e. The normalized spacial score (nSPS) is 13.5. The van der Waals surface area contributed by atoms with E-state index in [1.54, 1.807) is 0 Å². The van der Waals surface area contributed by atoms with E-state index in [4.69, 9.17) is 11.1 Å². The van der Waals surface area contributed by atoms with Crippen molar-refractivity contribution in [1.29, 1.82) is 0 Å². The van der Waals surface area contributed by atoms with Crippen LogP contribution in [0.2, 0.25) is 0 Å². The molecule has 2 heterocycles. The van der Waals surface area contributed by atoms with Crippen molar-refractivity contribution in [2.45, 2.75) is 19.3 Å². The molecule has 55 heavy (non-hydrogen) atoms. The molecule has 1 aliphatic heterocycles. The van der Waals surface area contributed by atoms with Crippen LogP contribution >= 0.6 is 11.1 Å². The molecule has 0 saturated carbocycles.